The average Bonchev–Trinajstić information content (AvgIpc) is 2.36. The Bertz CT molecular complexity index is 342. The fourth-order valence-electron chi connectivity index (χ4n) is 2.70. The molecule has 1 fully saturated rings. The number of hydrogen-bond donors (Lipinski definition) is 3. The summed E-state index contributed by atoms with van der Waals surface area (Å²) in [5.41, 5.74) is 5.65. The molecule has 1 aliphatic rings. The Labute approximate surface area is 128 Å². The molecule has 0 unspecified atom stereocenters. The first-order valence-corrected chi connectivity index (χ1v) is 8.09. The van der Waals surface area contributed by atoms with E-state index >= 15 is 0 Å². The van der Waals surface area contributed by atoms with E-state index in [0.29, 0.717) is 31.3 Å². The summed E-state index contributed by atoms with van der Waals surface area (Å²) in [4.78, 5) is 23.4. The van der Waals surface area contributed by atoms with Gasteiger partial charge in [0.2, 0.25) is 11.8 Å². The van der Waals surface area contributed by atoms with E-state index in [-0.39, 0.29) is 17.4 Å². The van der Waals surface area contributed by atoms with E-state index < -0.39 is 0 Å². The first kappa shape index (κ1) is 18.0. The van der Waals surface area contributed by atoms with Crippen LogP contribution in [0, 0.1) is 5.92 Å². The van der Waals surface area contributed by atoms with Gasteiger partial charge in [0.05, 0.1) is 0 Å². The molecule has 0 aliphatic heterocycles. The maximum atomic E-state index is 11.7. The Morgan fingerprint density at radius 1 is 1.05 bits per heavy atom. The lowest BCUT2D eigenvalue weighted by molar-refractivity contribution is -0.123. The van der Waals surface area contributed by atoms with Gasteiger partial charge in [-0.3, -0.25) is 9.59 Å². The summed E-state index contributed by atoms with van der Waals surface area (Å²) in [6, 6.07) is 0.358. The van der Waals surface area contributed by atoms with E-state index in [1.807, 2.05) is 20.8 Å². The summed E-state index contributed by atoms with van der Waals surface area (Å²) in [5, 5.41) is 5.70. The number of carbonyl (C=O) groups excluding carboxylic acids is 2. The van der Waals surface area contributed by atoms with Gasteiger partial charge < -0.3 is 16.4 Å². The molecule has 0 saturated heterocycles. The molecule has 21 heavy (non-hydrogen) atoms. The predicted molar refractivity (Wildman–Crippen MR) is 84.7 cm³/mol. The highest BCUT2D eigenvalue weighted by molar-refractivity contribution is 5.79. The smallest absolute Gasteiger partial charge is 0.222 e. The molecule has 0 aromatic carbocycles. The molecule has 0 heterocycles. The SMILES string of the molecule is CC(C)(C)NC(=O)CCNC(=O)CCC1CCC(N)CC1. The molecular weight excluding hydrogens is 266 g/mol. The highest BCUT2D eigenvalue weighted by Crippen LogP contribution is 2.26. The van der Waals surface area contributed by atoms with E-state index in [9.17, 15) is 9.59 Å². The topological polar surface area (TPSA) is 84.2 Å². The minimum atomic E-state index is -0.219. The van der Waals surface area contributed by atoms with E-state index in [0.717, 1.165) is 32.1 Å². The molecule has 2 amide bonds. The Kier molecular flexibility index (Phi) is 7.15. The first-order chi connectivity index (χ1) is 9.76. The Morgan fingerprint density at radius 2 is 1.67 bits per heavy atom. The lowest BCUT2D eigenvalue weighted by Gasteiger charge is -2.25. The zero-order valence-corrected chi connectivity index (χ0v) is 13.7. The van der Waals surface area contributed by atoms with E-state index in [4.69, 9.17) is 5.73 Å². The Morgan fingerprint density at radius 3 is 2.24 bits per heavy atom. The monoisotopic (exact) mass is 297 g/mol. The summed E-state index contributed by atoms with van der Waals surface area (Å²) in [7, 11) is 0. The first-order valence-electron chi connectivity index (χ1n) is 8.09. The van der Waals surface area contributed by atoms with Crippen molar-refractivity contribution >= 4 is 11.8 Å². The van der Waals surface area contributed by atoms with Crippen molar-refractivity contribution < 1.29 is 9.59 Å². The normalized spacial score (nSPS) is 22.7. The van der Waals surface area contributed by atoms with Crippen LogP contribution in [-0.4, -0.2) is 29.9 Å². The van der Waals surface area contributed by atoms with Crippen molar-refractivity contribution in [2.45, 2.75) is 77.3 Å². The van der Waals surface area contributed by atoms with Gasteiger partial charge in [0, 0.05) is 31.0 Å². The highest BCUT2D eigenvalue weighted by Gasteiger charge is 2.19. The minimum Gasteiger partial charge on any atom is -0.356 e. The Hall–Kier alpha value is -1.10. The van der Waals surface area contributed by atoms with Crippen LogP contribution >= 0.6 is 0 Å². The van der Waals surface area contributed by atoms with Crippen LogP contribution in [-0.2, 0) is 9.59 Å². The zero-order chi connectivity index (χ0) is 15.9. The molecule has 0 spiro atoms. The molecule has 122 valence electrons. The average molecular weight is 297 g/mol. The van der Waals surface area contributed by atoms with Gasteiger partial charge in [-0.1, -0.05) is 0 Å². The fourth-order valence-corrected chi connectivity index (χ4v) is 2.70. The van der Waals surface area contributed by atoms with E-state index in [2.05, 4.69) is 10.6 Å². The van der Waals surface area contributed by atoms with Gasteiger partial charge >= 0.3 is 0 Å². The van der Waals surface area contributed by atoms with Gasteiger partial charge in [-0.2, -0.15) is 0 Å². The molecule has 0 aromatic heterocycles. The van der Waals surface area contributed by atoms with Crippen LogP contribution in [0.3, 0.4) is 0 Å². The number of nitrogens with one attached hydrogen (secondary N) is 2. The maximum absolute atomic E-state index is 11.7. The number of carbonyl (C=O) groups is 2. The fraction of sp³-hybridized carbons (Fsp3) is 0.875. The lowest BCUT2D eigenvalue weighted by Crippen LogP contribution is -2.42. The van der Waals surface area contributed by atoms with Crippen LogP contribution in [0.25, 0.3) is 0 Å². The van der Waals surface area contributed by atoms with Gasteiger partial charge in [0.15, 0.2) is 0 Å². The van der Waals surface area contributed by atoms with Crippen molar-refractivity contribution in [3.63, 3.8) is 0 Å². The lowest BCUT2D eigenvalue weighted by atomic mass is 9.84. The molecule has 0 bridgehead atoms. The van der Waals surface area contributed by atoms with Crippen LogP contribution in [0.1, 0.15) is 65.7 Å². The Balaban J connectivity index is 2.07. The van der Waals surface area contributed by atoms with Crippen molar-refractivity contribution in [1.29, 1.82) is 0 Å². The quantitative estimate of drug-likeness (QED) is 0.697. The predicted octanol–water partition coefficient (Wildman–Crippen LogP) is 1.71. The molecule has 0 aromatic rings. The minimum absolute atomic E-state index is 0.0240. The van der Waals surface area contributed by atoms with E-state index in [1.165, 1.54) is 0 Å². The summed E-state index contributed by atoms with van der Waals surface area (Å²) < 4.78 is 0. The molecule has 0 radical (unpaired) electrons. The number of hydrogen-bond acceptors (Lipinski definition) is 3. The van der Waals surface area contributed by atoms with Gasteiger partial charge in [0.25, 0.3) is 0 Å². The van der Waals surface area contributed by atoms with Crippen molar-refractivity contribution in [2.75, 3.05) is 6.54 Å². The van der Waals surface area contributed by atoms with E-state index in [1.54, 1.807) is 0 Å². The van der Waals surface area contributed by atoms with Gasteiger partial charge in [0.1, 0.15) is 0 Å². The summed E-state index contributed by atoms with van der Waals surface area (Å²) in [5.74, 6) is 0.664. The van der Waals surface area contributed by atoms with Crippen molar-refractivity contribution in [3.8, 4) is 0 Å². The van der Waals surface area contributed by atoms with Gasteiger partial charge in [-0.05, 0) is 58.8 Å². The number of rotatable bonds is 6. The molecule has 0 atom stereocenters. The third kappa shape index (κ3) is 8.71. The zero-order valence-electron chi connectivity index (χ0n) is 13.7. The molecule has 5 nitrogen and oxygen atoms in total. The standard InChI is InChI=1S/C16H31N3O2/c1-16(2,3)19-15(21)10-11-18-14(20)9-6-12-4-7-13(17)8-5-12/h12-13H,4-11,17H2,1-3H3,(H,18,20)(H,19,21). The third-order valence-corrected chi connectivity index (χ3v) is 3.86. The second-order valence-corrected chi connectivity index (χ2v) is 7.22. The molecule has 1 aliphatic carbocycles. The van der Waals surface area contributed by atoms with Crippen molar-refractivity contribution in [3.05, 3.63) is 0 Å². The summed E-state index contributed by atoms with van der Waals surface area (Å²) >= 11 is 0. The molecular formula is C16H31N3O2. The third-order valence-electron chi connectivity index (χ3n) is 3.86. The second kappa shape index (κ2) is 8.37. The molecule has 4 N–H and O–H groups in total. The highest BCUT2D eigenvalue weighted by atomic mass is 16.2. The number of nitrogens with two attached hydrogens (primary N) is 1. The van der Waals surface area contributed by atoms with Crippen LogP contribution in [0.15, 0.2) is 0 Å². The van der Waals surface area contributed by atoms with Crippen LogP contribution in [0.2, 0.25) is 0 Å². The molecule has 5 heteroatoms. The second-order valence-electron chi connectivity index (χ2n) is 7.22. The summed E-state index contributed by atoms with van der Waals surface area (Å²) in [6.07, 6.45) is 6.28. The van der Waals surface area contributed by atoms with Crippen LogP contribution < -0.4 is 16.4 Å². The van der Waals surface area contributed by atoms with Crippen molar-refractivity contribution in [2.24, 2.45) is 11.7 Å². The van der Waals surface area contributed by atoms with Gasteiger partial charge in [-0.25, -0.2) is 0 Å². The molecule has 1 rings (SSSR count). The van der Waals surface area contributed by atoms with Crippen LogP contribution in [0.4, 0.5) is 0 Å². The van der Waals surface area contributed by atoms with Gasteiger partial charge in [-0.15, -0.1) is 0 Å². The summed E-state index contributed by atoms with van der Waals surface area (Å²) in [6.45, 7) is 6.24. The van der Waals surface area contributed by atoms with Crippen LogP contribution in [0.5, 0.6) is 0 Å². The maximum Gasteiger partial charge on any atom is 0.222 e. The molecule has 1 saturated carbocycles. The largest absolute Gasteiger partial charge is 0.356 e. The van der Waals surface area contributed by atoms with Crippen molar-refractivity contribution in [1.82, 2.24) is 10.6 Å². The number of amides is 2.